The number of allylic oxidation sites excluding steroid dienone is 14. The van der Waals surface area contributed by atoms with Crippen LogP contribution in [0.15, 0.2) is 85.1 Å². The zero-order chi connectivity index (χ0) is 54.8. The van der Waals surface area contributed by atoms with E-state index in [4.69, 9.17) is 18.9 Å². The molecule has 1 N–H and O–H groups in total. The lowest BCUT2D eigenvalue weighted by atomic mass is 10.0. The van der Waals surface area contributed by atoms with Gasteiger partial charge in [-0.25, -0.2) is 4.79 Å². The average molecular weight is 1050 g/mol. The van der Waals surface area contributed by atoms with Crippen LogP contribution in [0, 0.1) is 0 Å². The number of hydrogen-bond donors (Lipinski definition) is 1. The number of aliphatic carboxylic acids is 1. The number of esters is 2. The molecule has 0 heterocycles. The normalized spacial score (nSPS) is 13.3. The van der Waals surface area contributed by atoms with Crippen LogP contribution in [-0.2, 0) is 33.3 Å². The van der Waals surface area contributed by atoms with Gasteiger partial charge >= 0.3 is 17.9 Å². The van der Waals surface area contributed by atoms with Crippen molar-refractivity contribution in [3.63, 3.8) is 0 Å². The predicted molar refractivity (Wildman–Crippen MR) is 318 cm³/mol. The van der Waals surface area contributed by atoms with Crippen LogP contribution >= 0.6 is 0 Å². The fraction of sp³-hybridized carbons (Fsp3) is 0.742. The van der Waals surface area contributed by atoms with E-state index < -0.39 is 24.3 Å². The van der Waals surface area contributed by atoms with Gasteiger partial charge < -0.3 is 28.5 Å². The summed E-state index contributed by atoms with van der Waals surface area (Å²) in [5.41, 5.74) is 0. The van der Waals surface area contributed by atoms with Crippen LogP contribution < -0.4 is 0 Å². The monoisotopic (exact) mass is 1050 g/mol. The lowest BCUT2D eigenvalue weighted by molar-refractivity contribution is -0.870. The fourth-order valence-electron chi connectivity index (χ4n) is 8.42. The number of quaternary nitrogens is 1. The molecule has 0 radical (unpaired) electrons. The number of nitrogens with zero attached hydrogens (tertiary/aromatic N) is 1. The molecule has 9 nitrogen and oxygen atoms in total. The summed E-state index contributed by atoms with van der Waals surface area (Å²) in [4.78, 5) is 37.5. The van der Waals surface area contributed by atoms with Crippen molar-refractivity contribution >= 4 is 17.9 Å². The van der Waals surface area contributed by atoms with Crippen molar-refractivity contribution in [2.75, 3.05) is 47.5 Å². The lowest BCUT2D eigenvalue weighted by Crippen LogP contribution is -2.40. The molecule has 0 amide bonds. The van der Waals surface area contributed by atoms with E-state index in [0.29, 0.717) is 23.9 Å². The van der Waals surface area contributed by atoms with Crippen LogP contribution in [0.1, 0.15) is 258 Å². The van der Waals surface area contributed by atoms with E-state index in [1.807, 2.05) is 21.1 Å². The third-order valence-electron chi connectivity index (χ3n) is 13.1. The quantitative estimate of drug-likeness (QED) is 0.0211. The summed E-state index contributed by atoms with van der Waals surface area (Å²) in [7, 11) is 5.97. The predicted octanol–water partition coefficient (Wildman–Crippen LogP) is 18.3. The molecule has 0 aliphatic carbocycles. The summed E-state index contributed by atoms with van der Waals surface area (Å²) in [5.74, 6) is -2.01. The Balaban J connectivity index is 4.22. The van der Waals surface area contributed by atoms with E-state index in [2.05, 4.69) is 98.9 Å². The molecule has 75 heavy (non-hydrogen) atoms. The number of hydrogen-bond acceptors (Lipinski definition) is 7. The number of carboxylic acids is 1. The Kier molecular flexibility index (Phi) is 54.0. The lowest BCUT2D eigenvalue weighted by Gasteiger charge is -2.25. The van der Waals surface area contributed by atoms with Crippen LogP contribution in [0.3, 0.4) is 0 Å². The van der Waals surface area contributed by atoms with Crippen LogP contribution in [-0.4, -0.2) is 87.4 Å². The van der Waals surface area contributed by atoms with E-state index in [1.54, 1.807) is 0 Å². The van der Waals surface area contributed by atoms with E-state index in [0.717, 1.165) is 83.5 Å². The molecular formula is C66H116NO8+. The van der Waals surface area contributed by atoms with E-state index >= 15 is 0 Å². The van der Waals surface area contributed by atoms with E-state index in [-0.39, 0.29) is 32.2 Å². The van der Waals surface area contributed by atoms with Gasteiger partial charge in [0.15, 0.2) is 6.10 Å². The SMILES string of the molecule is CC/C=C\C/C=C\C/C=C\C/C=C\CCCCCCCCCCCCC(=O)OC(COC(=O)CCCCCCCCCCCCCC/C=C\C/C=C\C/C=C\CCCCCCC)COC(OCC[N+](C)(C)C)C(=O)O. The van der Waals surface area contributed by atoms with Crippen LogP contribution in [0.2, 0.25) is 0 Å². The first-order valence-electron chi connectivity index (χ1n) is 30.8. The largest absolute Gasteiger partial charge is 0.477 e. The molecule has 0 saturated carbocycles. The summed E-state index contributed by atoms with van der Waals surface area (Å²) in [6.07, 6.45) is 72.3. The minimum absolute atomic E-state index is 0.183. The van der Waals surface area contributed by atoms with Gasteiger partial charge in [-0.2, -0.15) is 0 Å². The molecule has 432 valence electrons. The summed E-state index contributed by atoms with van der Waals surface area (Å²) >= 11 is 0. The van der Waals surface area contributed by atoms with E-state index in [1.165, 1.54) is 141 Å². The van der Waals surface area contributed by atoms with Gasteiger partial charge in [0.1, 0.15) is 13.2 Å². The Morgan fingerprint density at radius 1 is 0.413 bits per heavy atom. The average Bonchev–Trinajstić information content (AvgIpc) is 3.38. The van der Waals surface area contributed by atoms with Crippen LogP contribution in [0.25, 0.3) is 0 Å². The van der Waals surface area contributed by atoms with E-state index in [9.17, 15) is 19.5 Å². The van der Waals surface area contributed by atoms with Gasteiger partial charge in [0.2, 0.25) is 0 Å². The number of carbonyl (C=O) groups excluding carboxylic acids is 2. The first-order valence-corrected chi connectivity index (χ1v) is 30.8. The Bertz CT molecular complexity index is 1500. The number of unbranched alkanes of at least 4 members (excludes halogenated alkanes) is 27. The van der Waals surface area contributed by atoms with Crippen molar-refractivity contribution in [3.05, 3.63) is 85.1 Å². The molecular weight excluding hydrogens is 935 g/mol. The first kappa shape index (κ1) is 71.5. The molecule has 9 heteroatoms. The van der Waals surface area contributed by atoms with Gasteiger partial charge in [0.05, 0.1) is 34.4 Å². The van der Waals surface area contributed by atoms with Gasteiger partial charge in [-0.05, 0) is 89.9 Å². The Morgan fingerprint density at radius 2 is 0.760 bits per heavy atom. The Labute approximate surface area is 461 Å². The maximum Gasteiger partial charge on any atom is 0.361 e. The maximum atomic E-state index is 12.9. The van der Waals surface area contributed by atoms with Crippen molar-refractivity contribution in [1.29, 1.82) is 0 Å². The van der Waals surface area contributed by atoms with Crippen molar-refractivity contribution < 1.29 is 42.9 Å². The van der Waals surface area contributed by atoms with Gasteiger partial charge in [0, 0.05) is 12.8 Å². The second-order valence-electron chi connectivity index (χ2n) is 21.6. The molecule has 2 atom stereocenters. The molecule has 2 unspecified atom stereocenters. The smallest absolute Gasteiger partial charge is 0.361 e. The third-order valence-corrected chi connectivity index (χ3v) is 13.1. The molecule has 0 fully saturated rings. The zero-order valence-electron chi connectivity index (χ0n) is 49.2. The van der Waals surface area contributed by atoms with Gasteiger partial charge in [-0.1, -0.05) is 240 Å². The van der Waals surface area contributed by atoms with Crippen LogP contribution in [0.4, 0.5) is 0 Å². The van der Waals surface area contributed by atoms with Gasteiger partial charge in [-0.3, -0.25) is 9.59 Å². The van der Waals surface area contributed by atoms with Crippen LogP contribution in [0.5, 0.6) is 0 Å². The molecule has 0 saturated heterocycles. The molecule has 0 aliphatic heterocycles. The standard InChI is InChI=1S/C66H115NO8/c1-6-8-10-12-14-16-18-20-22-24-26-28-30-31-32-33-35-36-38-40-42-44-46-48-50-52-54-56-63(68)73-60-62(61-74-66(65(70)71)72-59-58-67(3,4)5)75-64(69)57-55-53-51-49-47-45-43-41-39-37-34-29-27-25-23-21-19-17-15-13-11-9-7-2/h9,11,15,17-18,20-21,23-24,26-27,29-31,62,66H,6-8,10,12-14,16,19,22,25,28,32-61H2,1-5H3/p+1/b11-9-,17-15-,20-18-,23-21-,26-24-,29-27-,31-30-. The maximum absolute atomic E-state index is 12.9. The summed E-state index contributed by atoms with van der Waals surface area (Å²) in [6, 6.07) is 0. The fourth-order valence-corrected chi connectivity index (χ4v) is 8.42. The van der Waals surface area contributed by atoms with Gasteiger partial charge in [0.25, 0.3) is 6.29 Å². The highest BCUT2D eigenvalue weighted by Gasteiger charge is 2.25. The molecule has 0 rings (SSSR count). The summed E-state index contributed by atoms with van der Waals surface area (Å²) in [6.45, 7) is 4.76. The highest BCUT2D eigenvalue weighted by atomic mass is 16.7. The summed E-state index contributed by atoms with van der Waals surface area (Å²) in [5, 5.41) is 9.72. The highest BCUT2D eigenvalue weighted by molar-refractivity contribution is 5.71. The molecule has 0 aromatic rings. The minimum atomic E-state index is -1.52. The Hall–Kier alpha value is -3.53. The summed E-state index contributed by atoms with van der Waals surface area (Å²) < 4.78 is 22.9. The molecule has 0 aromatic carbocycles. The van der Waals surface area contributed by atoms with Crippen molar-refractivity contribution in [3.8, 4) is 0 Å². The topological polar surface area (TPSA) is 108 Å². The number of ether oxygens (including phenoxy) is 4. The van der Waals surface area contributed by atoms with Crippen molar-refractivity contribution in [2.45, 2.75) is 270 Å². The first-order chi connectivity index (χ1) is 36.6. The third kappa shape index (κ3) is 58.0. The second kappa shape index (κ2) is 56.7. The van der Waals surface area contributed by atoms with Crippen molar-refractivity contribution in [1.82, 2.24) is 0 Å². The number of carbonyl (C=O) groups is 3. The zero-order valence-corrected chi connectivity index (χ0v) is 49.2. The molecule has 0 aromatic heterocycles. The Morgan fingerprint density at radius 3 is 1.13 bits per heavy atom. The second-order valence-corrected chi connectivity index (χ2v) is 21.6. The van der Waals surface area contributed by atoms with Gasteiger partial charge in [-0.15, -0.1) is 0 Å². The number of rotatable bonds is 56. The van der Waals surface area contributed by atoms with Crippen molar-refractivity contribution in [2.24, 2.45) is 0 Å². The highest BCUT2D eigenvalue weighted by Crippen LogP contribution is 2.16. The number of likely N-dealkylation sites (N-methyl/N-ethyl adjacent to an activating group) is 1. The molecule has 0 aliphatic rings. The molecule has 0 bridgehead atoms. The number of carboxylic acid groups (broad SMARTS) is 1. The minimum Gasteiger partial charge on any atom is -0.477 e. The molecule has 0 spiro atoms.